The first kappa shape index (κ1) is 14.3. The lowest BCUT2D eigenvalue weighted by Gasteiger charge is -2.01. The lowest BCUT2D eigenvalue weighted by atomic mass is 10.3. The van der Waals surface area contributed by atoms with Crippen molar-refractivity contribution in [1.29, 1.82) is 0 Å². The third-order valence-electron chi connectivity index (χ3n) is 3.50. The molecule has 2 aromatic heterocycles. The van der Waals surface area contributed by atoms with E-state index in [2.05, 4.69) is 15.0 Å². The summed E-state index contributed by atoms with van der Waals surface area (Å²) in [6.07, 6.45) is 5.48. The molecule has 116 valence electrons. The summed E-state index contributed by atoms with van der Waals surface area (Å²) in [7, 11) is 0. The van der Waals surface area contributed by atoms with Gasteiger partial charge in [0.2, 0.25) is 5.95 Å². The van der Waals surface area contributed by atoms with E-state index in [9.17, 15) is 9.59 Å². The Balaban J connectivity index is 1.72. The quantitative estimate of drug-likeness (QED) is 0.793. The highest BCUT2D eigenvalue weighted by atomic mass is 16.5. The van der Waals surface area contributed by atoms with Crippen LogP contribution in [-0.4, -0.2) is 32.1 Å². The summed E-state index contributed by atoms with van der Waals surface area (Å²) in [4.78, 5) is 33.6. The minimum atomic E-state index is -0.361. The minimum Gasteiger partial charge on any atom is -0.465 e. The van der Waals surface area contributed by atoms with E-state index in [-0.39, 0.29) is 28.9 Å². The van der Waals surface area contributed by atoms with Crippen LogP contribution in [0.1, 0.15) is 26.2 Å². The number of hydrogen-bond acceptors (Lipinski definition) is 6. The van der Waals surface area contributed by atoms with Crippen molar-refractivity contribution < 1.29 is 9.53 Å². The van der Waals surface area contributed by atoms with E-state index >= 15 is 0 Å². The summed E-state index contributed by atoms with van der Waals surface area (Å²) in [5.74, 6) is 0.124. The van der Waals surface area contributed by atoms with Crippen molar-refractivity contribution in [1.82, 2.24) is 19.5 Å². The Morgan fingerprint density at radius 3 is 3.23 bits per heavy atom. The molecule has 0 saturated heterocycles. The third kappa shape index (κ3) is 2.85. The molecule has 1 saturated carbocycles. The maximum absolute atomic E-state index is 11.7. The highest BCUT2D eigenvalue weighted by molar-refractivity contribution is 5.73. The van der Waals surface area contributed by atoms with E-state index in [0.717, 1.165) is 18.4 Å². The molecular weight excluding hydrogens is 286 g/mol. The maximum atomic E-state index is 11.7. The Morgan fingerprint density at radius 2 is 2.45 bits per heavy atom. The predicted molar refractivity (Wildman–Crippen MR) is 80.8 cm³/mol. The van der Waals surface area contributed by atoms with Gasteiger partial charge in [-0.15, -0.1) is 0 Å². The molecule has 0 aromatic carbocycles. The maximum Gasteiger partial charge on any atom is 0.305 e. The van der Waals surface area contributed by atoms with E-state index in [4.69, 9.17) is 10.5 Å². The molecule has 1 aliphatic rings. The van der Waals surface area contributed by atoms with Crippen molar-refractivity contribution >= 4 is 29.3 Å². The van der Waals surface area contributed by atoms with Crippen molar-refractivity contribution in [3.63, 3.8) is 0 Å². The average Bonchev–Trinajstić information content (AvgIpc) is 3.08. The topological polar surface area (TPSA) is 116 Å². The molecule has 1 unspecified atom stereocenters. The number of ether oxygens (including phenoxy) is 1. The number of esters is 1. The molecule has 0 amide bonds. The van der Waals surface area contributed by atoms with Gasteiger partial charge in [0.1, 0.15) is 6.33 Å². The molecule has 2 aromatic rings. The number of nitrogens with two attached hydrogens (primary N) is 1. The zero-order valence-corrected chi connectivity index (χ0v) is 12.2. The largest absolute Gasteiger partial charge is 0.465 e. The molecule has 3 rings (SSSR count). The van der Waals surface area contributed by atoms with Crippen LogP contribution in [0.4, 0.5) is 5.95 Å². The average molecular weight is 303 g/mol. The summed E-state index contributed by atoms with van der Waals surface area (Å²) in [6.45, 7) is 2.34. The number of nitrogen functional groups attached to an aromatic ring is 1. The van der Waals surface area contributed by atoms with Crippen LogP contribution in [0.3, 0.4) is 0 Å². The van der Waals surface area contributed by atoms with Crippen LogP contribution in [0.5, 0.6) is 0 Å². The van der Waals surface area contributed by atoms with Gasteiger partial charge in [0, 0.05) is 18.5 Å². The molecule has 8 heteroatoms. The van der Waals surface area contributed by atoms with Gasteiger partial charge in [0.15, 0.2) is 11.2 Å². The van der Waals surface area contributed by atoms with E-state index in [1.807, 2.05) is 13.1 Å². The molecule has 3 N–H and O–H groups in total. The summed E-state index contributed by atoms with van der Waals surface area (Å²) >= 11 is 0. The molecular formula is C14H17N5O3. The smallest absolute Gasteiger partial charge is 0.305 e. The van der Waals surface area contributed by atoms with Gasteiger partial charge in [-0.25, -0.2) is 4.98 Å². The summed E-state index contributed by atoms with van der Waals surface area (Å²) in [5.41, 5.74) is 6.98. The van der Waals surface area contributed by atoms with Gasteiger partial charge < -0.3 is 10.5 Å². The number of imidazole rings is 1. The fourth-order valence-corrected chi connectivity index (χ4v) is 2.24. The zero-order chi connectivity index (χ0) is 15.7. The van der Waals surface area contributed by atoms with Crippen molar-refractivity contribution in [2.24, 2.45) is 5.92 Å². The van der Waals surface area contributed by atoms with Gasteiger partial charge in [-0.1, -0.05) is 6.92 Å². The highest BCUT2D eigenvalue weighted by Gasteiger charge is 2.31. The number of hydrogen-bond donors (Lipinski definition) is 2. The molecule has 0 spiro atoms. The lowest BCUT2D eigenvalue weighted by molar-refractivity contribution is -0.144. The first-order valence-electron chi connectivity index (χ1n) is 7.17. The molecule has 8 nitrogen and oxygen atoms in total. The second-order valence-electron chi connectivity index (χ2n) is 5.31. The molecule has 0 bridgehead atoms. The van der Waals surface area contributed by atoms with Crippen LogP contribution < -0.4 is 11.3 Å². The number of nitrogens with zero attached hydrogens (tertiary/aromatic N) is 3. The van der Waals surface area contributed by atoms with Crippen LogP contribution >= 0.6 is 0 Å². The number of aromatic nitrogens is 4. The number of rotatable bonds is 5. The molecule has 22 heavy (non-hydrogen) atoms. The third-order valence-corrected chi connectivity index (χ3v) is 3.50. The van der Waals surface area contributed by atoms with Gasteiger partial charge in [-0.05, 0) is 18.4 Å². The number of carbonyl (C=O) groups excluding carboxylic acids is 1. The molecule has 1 aliphatic carbocycles. The van der Waals surface area contributed by atoms with Crippen molar-refractivity contribution in [3.05, 3.63) is 22.3 Å². The summed E-state index contributed by atoms with van der Waals surface area (Å²) < 4.78 is 6.86. The normalized spacial score (nSPS) is 18.8. The van der Waals surface area contributed by atoms with E-state index in [1.54, 1.807) is 4.57 Å². The summed E-state index contributed by atoms with van der Waals surface area (Å²) in [6, 6.07) is 0. The Hall–Kier alpha value is -2.64. The van der Waals surface area contributed by atoms with Crippen molar-refractivity contribution in [3.8, 4) is 0 Å². The molecule has 2 heterocycles. The van der Waals surface area contributed by atoms with Crippen LogP contribution in [0.25, 0.3) is 17.4 Å². The summed E-state index contributed by atoms with van der Waals surface area (Å²) in [5, 5.41) is 0. The van der Waals surface area contributed by atoms with Crippen molar-refractivity contribution in [2.75, 3.05) is 12.3 Å². The number of H-pyrrole nitrogens is 1. The van der Waals surface area contributed by atoms with E-state index < -0.39 is 0 Å². The Labute approximate surface area is 126 Å². The van der Waals surface area contributed by atoms with Crippen molar-refractivity contribution in [2.45, 2.75) is 26.2 Å². The van der Waals surface area contributed by atoms with Crippen LogP contribution in [0.2, 0.25) is 0 Å². The second-order valence-corrected chi connectivity index (χ2v) is 5.31. The van der Waals surface area contributed by atoms with Crippen LogP contribution in [-0.2, 0) is 9.53 Å². The SMILES string of the molecule is CCCC(=O)OCC1C/C1=C/n1cnc2c(=O)[nH]c(N)nc21. The molecule has 1 fully saturated rings. The zero-order valence-electron chi connectivity index (χ0n) is 12.2. The highest BCUT2D eigenvalue weighted by Crippen LogP contribution is 2.38. The number of carbonyl (C=O) groups is 1. The van der Waals surface area contributed by atoms with Crippen LogP contribution in [0.15, 0.2) is 16.7 Å². The number of fused-ring (bicyclic) bond motifs is 1. The number of aromatic amines is 1. The Bertz CT molecular complexity index is 804. The van der Waals surface area contributed by atoms with E-state index in [0.29, 0.717) is 18.7 Å². The number of nitrogens with one attached hydrogen (secondary N) is 1. The minimum absolute atomic E-state index is 0.0542. The second kappa shape index (κ2) is 5.63. The Kier molecular flexibility index (Phi) is 3.66. The van der Waals surface area contributed by atoms with Gasteiger partial charge >= 0.3 is 5.97 Å². The standard InChI is InChI=1S/C14H17N5O3/c1-2-3-10(20)22-6-9-4-8(9)5-19-7-16-11-12(19)17-14(15)18-13(11)21/h5,7,9H,2-4,6H2,1H3,(H3,15,17,18,21)/b8-5-. The molecule has 0 radical (unpaired) electrons. The number of anilines is 1. The first-order chi connectivity index (χ1) is 10.6. The van der Waals surface area contributed by atoms with Gasteiger partial charge in [0.05, 0.1) is 6.61 Å². The van der Waals surface area contributed by atoms with Gasteiger partial charge in [0.25, 0.3) is 5.56 Å². The predicted octanol–water partition coefficient (Wildman–Crippen LogP) is 0.906. The fraction of sp³-hybridized carbons (Fsp3) is 0.429. The van der Waals surface area contributed by atoms with Gasteiger partial charge in [-0.3, -0.25) is 19.1 Å². The Morgan fingerprint density at radius 1 is 1.64 bits per heavy atom. The monoisotopic (exact) mass is 303 g/mol. The molecule has 0 aliphatic heterocycles. The first-order valence-corrected chi connectivity index (χ1v) is 7.17. The van der Waals surface area contributed by atoms with E-state index in [1.165, 1.54) is 6.33 Å². The molecule has 1 atom stereocenters. The lowest BCUT2D eigenvalue weighted by Crippen LogP contribution is -2.11. The van der Waals surface area contributed by atoms with Crippen LogP contribution in [0, 0.1) is 5.92 Å². The fourth-order valence-electron chi connectivity index (χ4n) is 2.24. The van der Waals surface area contributed by atoms with Gasteiger partial charge in [-0.2, -0.15) is 4.98 Å².